The summed E-state index contributed by atoms with van der Waals surface area (Å²) < 4.78 is 37.8. The topological polar surface area (TPSA) is 80.4 Å². The Bertz CT molecular complexity index is 555. The summed E-state index contributed by atoms with van der Waals surface area (Å²) in [6.07, 6.45) is -4.50. The van der Waals surface area contributed by atoms with E-state index >= 15 is 0 Å². The highest BCUT2D eigenvalue weighted by Crippen LogP contribution is 2.49. The first-order chi connectivity index (χ1) is 8.70. The average Bonchev–Trinajstić information content (AvgIpc) is 3.07. The zero-order chi connectivity index (χ0) is 14.4. The molecule has 1 N–H and O–H groups in total. The van der Waals surface area contributed by atoms with E-state index in [0.717, 1.165) is 12.1 Å². The highest BCUT2D eigenvalue weighted by molar-refractivity contribution is 5.75. The van der Waals surface area contributed by atoms with E-state index in [1.165, 1.54) is 0 Å². The Balaban J connectivity index is 2.42. The van der Waals surface area contributed by atoms with Gasteiger partial charge in [0.15, 0.2) is 0 Å². The number of halogens is 3. The molecule has 102 valence electrons. The molecule has 1 aliphatic rings. The largest absolute Gasteiger partial charge is 0.481 e. The van der Waals surface area contributed by atoms with Gasteiger partial charge in [-0.05, 0) is 24.0 Å². The van der Waals surface area contributed by atoms with Crippen molar-refractivity contribution in [3.8, 4) is 0 Å². The number of non-ortho nitro benzene ring substituents is 1. The van der Waals surface area contributed by atoms with Crippen molar-refractivity contribution in [2.75, 3.05) is 0 Å². The van der Waals surface area contributed by atoms with Crippen LogP contribution in [-0.4, -0.2) is 16.0 Å². The molecule has 0 spiro atoms. The van der Waals surface area contributed by atoms with E-state index in [0.29, 0.717) is 6.07 Å². The lowest BCUT2D eigenvalue weighted by Crippen LogP contribution is -2.07. The molecule has 0 heterocycles. The molecule has 1 aromatic rings. The third-order valence-electron chi connectivity index (χ3n) is 3.01. The van der Waals surface area contributed by atoms with Crippen LogP contribution in [-0.2, 0) is 11.0 Å². The number of hydrogen-bond donors (Lipinski definition) is 1. The van der Waals surface area contributed by atoms with Crippen LogP contribution in [0.3, 0.4) is 0 Å². The molecule has 2 unspecified atom stereocenters. The normalized spacial score (nSPS) is 22.1. The van der Waals surface area contributed by atoms with Crippen LogP contribution < -0.4 is 0 Å². The van der Waals surface area contributed by atoms with Crippen LogP contribution in [0.2, 0.25) is 0 Å². The van der Waals surface area contributed by atoms with Crippen molar-refractivity contribution in [3.63, 3.8) is 0 Å². The molecule has 19 heavy (non-hydrogen) atoms. The van der Waals surface area contributed by atoms with Crippen molar-refractivity contribution in [2.24, 2.45) is 5.92 Å². The van der Waals surface area contributed by atoms with Gasteiger partial charge in [0, 0.05) is 12.1 Å². The smallest absolute Gasteiger partial charge is 0.416 e. The van der Waals surface area contributed by atoms with E-state index in [1.807, 2.05) is 0 Å². The lowest BCUT2D eigenvalue weighted by Gasteiger charge is -2.08. The fourth-order valence-corrected chi connectivity index (χ4v) is 1.95. The van der Waals surface area contributed by atoms with Gasteiger partial charge in [0.2, 0.25) is 0 Å². The zero-order valence-corrected chi connectivity index (χ0v) is 9.35. The highest BCUT2D eigenvalue weighted by Gasteiger charge is 2.45. The number of alkyl halides is 3. The van der Waals surface area contributed by atoms with Crippen LogP contribution in [0.1, 0.15) is 23.5 Å². The highest BCUT2D eigenvalue weighted by atomic mass is 19.4. The maximum atomic E-state index is 12.6. The summed E-state index contributed by atoms with van der Waals surface area (Å²) in [6, 6.07) is 2.23. The van der Waals surface area contributed by atoms with Crippen molar-refractivity contribution in [3.05, 3.63) is 39.4 Å². The number of benzene rings is 1. The van der Waals surface area contributed by atoms with Gasteiger partial charge in [-0.2, -0.15) is 13.2 Å². The minimum absolute atomic E-state index is 0.0499. The van der Waals surface area contributed by atoms with Crippen molar-refractivity contribution in [1.82, 2.24) is 0 Å². The first kappa shape index (κ1) is 13.3. The molecule has 0 amide bonds. The Hall–Kier alpha value is -2.12. The van der Waals surface area contributed by atoms with E-state index in [2.05, 4.69) is 0 Å². The molecule has 0 radical (unpaired) electrons. The summed E-state index contributed by atoms with van der Waals surface area (Å²) in [5.41, 5.74) is -1.76. The van der Waals surface area contributed by atoms with Crippen LogP contribution in [0, 0.1) is 16.0 Å². The standard InChI is InChI=1S/C11H8F3NO4/c12-11(13,14)6-1-5(2-7(3-6)15(18)19)8-4-9(8)10(16)17/h1-3,8-9H,4H2,(H,16,17). The number of carboxylic acids is 1. The predicted octanol–water partition coefficient (Wildman–Crippen LogP) is 2.80. The summed E-state index contributed by atoms with van der Waals surface area (Å²) in [6.45, 7) is 0. The van der Waals surface area contributed by atoms with Crippen molar-refractivity contribution < 1.29 is 28.0 Å². The second kappa shape index (κ2) is 4.22. The molecule has 0 aliphatic heterocycles. The zero-order valence-electron chi connectivity index (χ0n) is 9.35. The predicted molar refractivity (Wildman–Crippen MR) is 56.6 cm³/mol. The second-order valence-electron chi connectivity index (χ2n) is 4.36. The number of aliphatic carboxylic acids is 1. The Kier molecular flexibility index (Phi) is 2.95. The minimum Gasteiger partial charge on any atom is -0.481 e. The van der Waals surface area contributed by atoms with Gasteiger partial charge >= 0.3 is 12.1 Å². The van der Waals surface area contributed by atoms with E-state index in [1.54, 1.807) is 0 Å². The average molecular weight is 275 g/mol. The lowest BCUT2D eigenvalue weighted by atomic mass is 10.0. The maximum absolute atomic E-state index is 12.6. The summed E-state index contributed by atoms with van der Waals surface area (Å²) in [7, 11) is 0. The van der Waals surface area contributed by atoms with E-state index in [9.17, 15) is 28.1 Å². The number of nitro benzene ring substituents is 1. The molecule has 0 bridgehead atoms. The molecule has 0 saturated heterocycles. The molecule has 1 aliphatic carbocycles. The van der Waals surface area contributed by atoms with Gasteiger partial charge < -0.3 is 5.11 Å². The number of carbonyl (C=O) groups is 1. The molecule has 1 aromatic carbocycles. The Morgan fingerprint density at radius 2 is 2.00 bits per heavy atom. The van der Waals surface area contributed by atoms with Crippen molar-refractivity contribution in [2.45, 2.75) is 18.5 Å². The number of carboxylic acid groups (broad SMARTS) is 1. The molecule has 8 heteroatoms. The van der Waals surface area contributed by atoms with Gasteiger partial charge in [-0.25, -0.2) is 0 Å². The number of nitro groups is 1. The van der Waals surface area contributed by atoms with Gasteiger partial charge in [0.05, 0.1) is 16.4 Å². The molecular weight excluding hydrogens is 267 g/mol. The molecule has 5 nitrogen and oxygen atoms in total. The number of hydrogen-bond acceptors (Lipinski definition) is 3. The molecular formula is C11H8F3NO4. The Morgan fingerprint density at radius 3 is 2.42 bits per heavy atom. The third kappa shape index (κ3) is 2.67. The van der Waals surface area contributed by atoms with Crippen LogP contribution in [0.4, 0.5) is 18.9 Å². The van der Waals surface area contributed by atoms with Crippen molar-refractivity contribution in [1.29, 1.82) is 0 Å². The molecule has 1 saturated carbocycles. The van der Waals surface area contributed by atoms with Crippen LogP contribution in [0.15, 0.2) is 18.2 Å². The van der Waals surface area contributed by atoms with E-state index < -0.39 is 40.2 Å². The fourth-order valence-electron chi connectivity index (χ4n) is 1.95. The van der Waals surface area contributed by atoms with Crippen LogP contribution in [0.25, 0.3) is 0 Å². The summed E-state index contributed by atoms with van der Waals surface area (Å²) in [5, 5.41) is 19.3. The monoisotopic (exact) mass is 275 g/mol. The summed E-state index contributed by atoms with van der Waals surface area (Å²) in [4.78, 5) is 20.4. The van der Waals surface area contributed by atoms with E-state index in [-0.39, 0.29) is 12.0 Å². The van der Waals surface area contributed by atoms with Gasteiger partial charge in [-0.3, -0.25) is 14.9 Å². The second-order valence-corrected chi connectivity index (χ2v) is 4.36. The summed E-state index contributed by atoms with van der Waals surface area (Å²) in [5.74, 6) is -2.45. The molecule has 0 aromatic heterocycles. The first-order valence-electron chi connectivity index (χ1n) is 5.29. The molecule has 2 rings (SSSR count). The Morgan fingerprint density at radius 1 is 1.37 bits per heavy atom. The third-order valence-corrected chi connectivity index (χ3v) is 3.01. The van der Waals surface area contributed by atoms with E-state index in [4.69, 9.17) is 5.11 Å². The SMILES string of the molecule is O=C(O)C1CC1c1cc([N+](=O)[O-])cc(C(F)(F)F)c1. The van der Waals surface area contributed by atoms with Gasteiger partial charge in [-0.1, -0.05) is 0 Å². The lowest BCUT2D eigenvalue weighted by molar-refractivity contribution is -0.385. The van der Waals surface area contributed by atoms with Crippen LogP contribution in [0.5, 0.6) is 0 Å². The van der Waals surface area contributed by atoms with Crippen molar-refractivity contribution >= 4 is 11.7 Å². The molecule has 2 atom stereocenters. The maximum Gasteiger partial charge on any atom is 0.416 e. The van der Waals surface area contributed by atoms with Crippen LogP contribution >= 0.6 is 0 Å². The van der Waals surface area contributed by atoms with Gasteiger partial charge in [-0.15, -0.1) is 0 Å². The Labute approximate surface area is 104 Å². The number of nitrogens with zero attached hydrogens (tertiary/aromatic N) is 1. The van der Waals surface area contributed by atoms with Gasteiger partial charge in [0.1, 0.15) is 0 Å². The van der Waals surface area contributed by atoms with Gasteiger partial charge in [0.25, 0.3) is 5.69 Å². The number of rotatable bonds is 3. The minimum atomic E-state index is -4.70. The fraction of sp³-hybridized carbons (Fsp3) is 0.364. The summed E-state index contributed by atoms with van der Waals surface area (Å²) >= 11 is 0. The quantitative estimate of drug-likeness (QED) is 0.679. The first-order valence-corrected chi connectivity index (χ1v) is 5.29. The molecule has 1 fully saturated rings.